The normalized spacial score (nSPS) is 21.2. The summed E-state index contributed by atoms with van der Waals surface area (Å²) in [7, 11) is -3.56. The molecule has 98 valence electrons. The maximum atomic E-state index is 12.4. The first-order chi connectivity index (χ1) is 8.51. The van der Waals surface area contributed by atoms with Gasteiger partial charge in [0.2, 0.25) is 5.91 Å². The van der Waals surface area contributed by atoms with Gasteiger partial charge in [-0.2, -0.15) is 0 Å². The predicted molar refractivity (Wildman–Crippen MR) is 69.0 cm³/mol. The summed E-state index contributed by atoms with van der Waals surface area (Å²) in [6.45, 7) is 2.47. The van der Waals surface area contributed by atoms with Crippen LogP contribution in [0.3, 0.4) is 0 Å². The maximum Gasteiger partial charge on any atom is 0.238 e. The summed E-state index contributed by atoms with van der Waals surface area (Å²) in [5, 5.41) is 1.72. The van der Waals surface area contributed by atoms with Crippen LogP contribution < -0.4 is 5.32 Å². The van der Waals surface area contributed by atoms with Crippen LogP contribution in [0.4, 0.5) is 0 Å². The first-order valence-electron chi connectivity index (χ1n) is 6.10. The zero-order valence-corrected chi connectivity index (χ0v) is 11.2. The third kappa shape index (κ3) is 2.56. The molecule has 18 heavy (non-hydrogen) atoms. The number of rotatable bonds is 2. The molecule has 0 spiro atoms. The van der Waals surface area contributed by atoms with Crippen LogP contribution in [0.25, 0.3) is 0 Å². The van der Waals surface area contributed by atoms with E-state index >= 15 is 0 Å². The Morgan fingerprint density at radius 2 is 1.83 bits per heavy atom. The molecule has 1 aliphatic heterocycles. The third-order valence-electron chi connectivity index (χ3n) is 3.21. The van der Waals surface area contributed by atoms with Crippen molar-refractivity contribution in [1.82, 2.24) is 5.32 Å². The lowest BCUT2D eigenvalue weighted by atomic mass is 10.2. The topological polar surface area (TPSA) is 63.2 Å². The van der Waals surface area contributed by atoms with E-state index in [0.29, 0.717) is 13.0 Å². The molecule has 1 fully saturated rings. The molecule has 0 aliphatic carbocycles. The molecular formula is C13H17NO3S. The van der Waals surface area contributed by atoms with Gasteiger partial charge in [0.15, 0.2) is 9.84 Å². The number of hydrogen-bond acceptors (Lipinski definition) is 3. The molecule has 1 atom stereocenters. The first kappa shape index (κ1) is 13.1. The highest BCUT2D eigenvalue weighted by Gasteiger charge is 2.34. The molecule has 1 saturated heterocycles. The maximum absolute atomic E-state index is 12.4. The highest BCUT2D eigenvalue weighted by atomic mass is 32.2. The zero-order chi connectivity index (χ0) is 13.2. The van der Waals surface area contributed by atoms with Crippen molar-refractivity contribution in [3.8, 4) is 0 Å². The van der Waals surface area contributed by atoms with Crippen molar-refractivity contribution in [3.63, 3.8) is 0 Å². The highest BCUT2D eigenvalue weighted by molar-refractivity contribution is 7.92. The number of amides is 1. The molecule has 0 bridgehead atoms. The van der Waals surface area contributed by atoms with E-state index in [4.69, 9.17) is 0 Å². The van der Waals surface area contributed by atoms with Crippen LogP contribution in [-0.4, -0.2) is 26.1 Å². The third-order valence-corrected chi connectivity index (χ3v) is 5.34. The number of carbonyl (C=O) groups excluding carboxylic acids is 1. The van der Waals surface area contributed by atoms with Gasteiger partial charge >= 0.3 is 0 Å². The van der Waals surface area contributed by atoms with Gasteiger partial charge in [0, 0.05) is 6.54 Å². The summed E-state index contributed by atoms with van der Waals surface area (Å²) in [5.74, 6) is -0.368. The van der Waals surface area contributed by atoms with Crippen LogP contribution in [0.5, 0.6) is 0 Å². The average molecular weight is 267 g/mol. The van der Waals surface area contributed by atoms with Crippen LogP contribution in [0, 0.1) is 6.92 Å². The Hall–Kier alpha value is -1.36. The number of carbonyl (C=O) groups is 1. The molecule has 4 nitrogen and oxygen atoms in total. The minimum Gasteiger partial charge on any atom is -0.355 e. The Balaban J connectivity index is 2.34. The molecule has 2 rings (SSSR count). The molecule has 1 N–H and O–H groups in total. The van der Waals surface area contributed by atoms with E-state index in [1.165, 1.54) is 0 Å². The van der Waals surface area contributed by atoms with Gasteiger partial charge in [0.1, 0.15) is 5.25 Å². The van der Waals surface area contributed by atoms with Crippen molar-refractivity contribution in [3.05, 3.63) is 29.8 Å². The Labute approximate surface area is 107 Å². The Bertz CT molecular complexity index is 534. The molecule has 0 radical (unpaired) electrons. The van der Waals surface area contributed by atoms with E-state index < -0.39 is 15.1 Å². The molecule has 1 aromatic rings. The number of aryl methyl sites for hydroxylation is 1. The molecular weight excluding hydrogens is 250 g/mol. The smallest absolute Gasteiger partial charge is 0.238 e. The van der Waals surface area contributed by atoms with Crippen LogP contribution in [-0.2, 0) is 14.6 Å². The second-order valence-corrected chi connectivity index (χ2v) is 6.76. The van der Waals surface area contributed by atoms with Gasteiger partial charge in [-0.1, -0.05) is 17.7 Å². The van der Waals surface area contributed by atoms with Gasteiger partial charge in [-0.05, 0) is 38.3 Å². The number of sulfone groups is 1. The molecule has 1 aromatic carbocycles. The van der Waals surface area contributed by atoms with E-state index in [0.717, 1.165) is 18.4 Å². The summed E-state index contributed by atoms with van der Waals surface area (Å²) in [5.41, 5.74) is 0.999. The Morgan fingerprint density at radius 3 is 2.50 bits per heavy atom. The lowest BCUT2D eigenvalue weighted by molar-refractivity contribution is -0.120. The van der Waals surface area contributed by atoms with Crippen molar-refractivity contribution in [1.29, 1.82) is 0 Å². The molecule has 1 amide bonds. The highest BCUT2D eigenvalue weighted by Crippen LogP contribution is 2.22. The van der Waals surface area contributed by atoms with Crippen LogP contribution in [0.15, 0.2) is 29.2 Å². The quantitative estimate of drug-likeness (QED) is 0.882. The summed E-state index contributed by atoms with van der Waals surface area (Å²) in [6.07, 6.45) is 2.00. The Morgan fingerprint density at radius 1 is 1.17 bits per heavy atom. The minimum atomic E-state index is -3.56. The van der Waals surface area contributed by atoms with Crippen molar-refractivity contribution in [2.24, 2.45) is 0 Å². The predicted octanol–water partition coefficient (Wildman–Crippen LogP) is 1.44. The van der Waals surface area contributed by atoms with E-state index in [1.54, 1.807) is 24.3 Å². The summed E-state index contributed by atoms with van der Waals surface area (Å²) < 4.78 is 24.8. The van der Waals surface area contributed by atoms with Crippen LogP contribution in [0.1, 0.15) is 24.8 Å². The summed E-state index contributed by atoms with van der Waals surface area (Å²) in [4.78, 5) is 12.0. The van der Waals surface area contributed by atoms with Gasteiger partial charge in [0.25, 0.3) is 0 Å². The van der Waals surface area contributed by atoms with Crippen molar-refractivity contribution >= 4 is 15.7 Å². The van der Waals surface area contributed by atoms with Gasteiger partial charge in [-0.3, -0.25) is 4.79 Å². The fraction of sp³-hybridized carbons (Fsp3) is 0.462. The minimum absolute atomic E-state index is 0.232. The largest absolute Gasteiger partial charge is 0.355 e. The van der Waals surface area contributed by atoms with Crippen molar-refractivity contribution in [2.75, 3.05) is 6.54 Å². The average Bonchev–Trinajstić information content (AvgIpc) is 2.55. The SMILES string of the molecule is Cc1ccc(S(=O)(=O)C2CCCCNC2=O)cc1. The van der Waals surface area contributed by atoms with Crippen LogP contribution >= 0.6 is 0 Å². The molecule has 1 heterocycles. The first-order valence-corrected chi connectivity index (χ1v) is 7.65. The molecule has 5 heteroatoms. The monoisotopic (exact) mass is 267 g/mol. The second kappa shape index (κ2) is 5.10. The molecule has 0 aromatic heterocycles. The molecule has 1 aliphatic rings. The fourth-order valence-corrected chi connectivity index (χ4v) is 3.79. The number of benzene rings is 1. The summed E-state index contributed by atoms with van der Waals surface area (Å²) in [6, 6.07) is 6.65. The lowest BCUT2D eigenvalue weighted by Crippen LogP contribution is -2.38. The number of hydrogen-bond donors (Lipinski definition) is 1. The van der Waals surface area contributed by atoms with E-state index in [-0.39, 0.29) is 10.8 Å². The van der Waals surface area contributed by atoms with Gasteiger partial charge in [-0.15, -0.1) is 0 Å². The second-order valence-electron chi connectivity index (χ2n) is 4.63. The van der Waals surface area contributed by atoms with E-state index in [2.05, 4.69) is 5.32 Å². The molecule has 1 unspecified atom stereocenters. The van der Waals surface area contributed by atoms with Gasteiger partial charge in [0.05, 0.1) is 4.90 Å². The van der Waals surface area contributed by atoms with Crippen molar-refractivity contribution < 1.29 is 13.2 Å². The van der Waals surface area contributed by atoms with E-state index in [9.17, 15) is 13.2 Å². The van der Waals surface area contributed by atoms with Gasteiger partial charge < -0.3 is 5.32 Å². The van der Waals surface area contributed by atoms with Gasteiger partial charge in [-0.25, -0.2) is 8.42 Å². The standard InChI is InChI=1S/C13H17NO3S/c1-10-5-7-11(8-6-10)18(16,17)12-4-2-3-9-14-13(12)15/h5-8,12H,2-4,9H2,1H3,(H,14,15). The lowest BCUT2D eigenvalue weighted by Gasteiger charge is -2.14. The Kier molecular flexibility index (Phi) is 3.71. The molecule has 0 saturated carbocycles. The van der Waals surface area contributed by atoms with E-state index in [1.807, 2.05) is 6.92 Å². The van der Waals surface area contributed by atoms with Crippen LogP contribution in [0.2, 0.25) is 0 Å². The summed E-state index contributed by atoms with van der Waals surface area (Å²) >= 11 is 0. The van der Waals surface area contributed by atoms with Crippen molar-refractivity contribution in [2.45, 2.75) is 36.3 Å². The zero-order valence-electron chi connectivity index (χ0n) is 10.3. The number of nitrogens with one attached hydrogen (secondary N) is 1. The fourth-order valence-electron chi connectivity index (χ4n) is 2.10.